The van der Waals surface area contributed by atoms with Crippen LogP contribution in [0.4, 0.5) is 15.8 Å². The van der Waals surface area contributed by atoms with Gasteiger partial charge in [-0.3, -0.25) is 4.79 Å². The summed E-state index contributed by atoms with van der Waals surface area (Å²) in [5.41, 5.74) is 3.79. The second-order valence-electron chi connectivity index (χ2n) is 11.1. The Morgan fingerprint density at radius 1 is 1.22 bits per heavy atom. The predicted octanol–water partition coefficient (Wildman–Crippen LogP) is 4.29. The van der Waals surface area contributed by atoms with Crippen LogP contribution in [0.15, 0.2) is 41.6 Å². The minimum Gasteiger partial charge on any atom is -0.477 e. The first-order valence-electron chi connectivity index (χ1n) is 13.6. The van der Waals surface area contributed by atoms with Crippen molar-refractivity contribution in [3.05, 3.63) is 58.4 Å². The van der Waals surface area contributed by atoms with Crippen molar-refractivity contribution in [3.63, 3.8) is 0 Å². The Hall–Kier alpha value is -4.51. The number of carboxylic acid groups (broad SMARTS) is 1. The van der Waals surface area contributed by atoms with E-state index in [4.69, 9.17) is 4.98 Å². The highest BCUT2D eigenvalue weighted by Gasteiger charge is 2.29. The molecule has 0 radical (unpaired) electrons. The molecule has 0 amide bonds. The summed E-state index contributed by atoms with van der Waals surface area (Å²) in [5.74, 6) is -1.16. The highest BCUT2D eigenvalue weighted by atomic mass is 19.1. The number of aryl methyl sites for hydroxylation is 1. The highest BCUT2D eigenvalue weighted by molar-refractivity contribution is 6.18. The summed E-state index contributed by atoms with van der Waals surface area (Å²) in [7, 11) is 7.56. The number of carboxylic acids is 1. The van der Waals surface area contributed by atoms with Crippen molar-refractivity contribution < 1.29 is 14.3 Å². The standard InChI is InChI=1S/C30H32FN7O3/c1-32-23-11-18(31)10-19-24-26(38-8-6-16(14-38)5-7-36(2)3)21(13-33-28(24)35-25(19)23)17-9-20-27(39)22(30(40)41)15-37(4)29(20)34-12-17/h9-13,15-16,32H,5-8,14H2,1-4H3,(H,33,35)(H,40,41). The second-order valence-corrected chi connectivity index (χ2v) is 11.1. The van der Waals surface area contributed by atoms with Gasteiger partial charge in [-0.05, 0) is 57.6 Å². The lowest BCUT2D eigenvalue weighted by molar-refractivity contribution is 0.0695. The number of aromatic amines is 1. The van der Waals surface area contributed by atoms with Gasteiger partial charge in [0, 0.05) is 62.3 Å². The number of aromatic nitrogens is 4. The van der Waals surface area contributed by atoms with Crippen LogP contribution < -0.4 is 15.6 Å². The van der Waals surface area contributed by atoms with Gasteiger partial charge in [-0.15, -0.1) is 0 Å². The molecular weight excluding hydrogens is 525 g/mol. The third-order valence-corrected chi connectivity index (χ3v) is 8.08. The fraction of sp³-hybridized carbons (Fsp3) is 0.333. The summed E-state index contributed by atoms with van der Waals surface area (Å²) in [4.78, 5) is 42.1. The summed E-state index contributed by atoms with van der Waals surface area (Å²) < 4.78 is 16.4. The van der Waals surface area contributed by atoms with Crippen LogP contribution in [0.1, 0.15) is 23.2 Å². The molecule has 1 fully saturated rings. The van der Waals surface area contributed by atoms with E-state index in [0.717, 1.165) is 54.6 Å². The predicted molar refractivity (Wildman–Crippen MR) is 160 cm³/mol. The molecule has 0 spiro atoms. The fourth-order valence-electron chi connectivity index (χ4n) is 6.02. The van der Waals surface area contributed by atoms with E-state index >= 15 is 0 Å². The van der Waals surface area contributed by atoms with Gasteiger partial charge in [0.05, 0.1) is 27.7 Å². The number of hydrogen-bond donors (Lipinski definition) is 3. The minimum absolute atomic E-state index is 0.212. The Balaban J connectivity index is 1.61. The van der Waals surface area contributed by atoms with Gasteiger partial charge in [0.25, 0.3) is 0 Å². The molecule has 4 aromatic heterocycles. The lowest BCUT2D eigenvalue weighted by Gasteiger charge is -2.24. The molecule has 212 valence electrons. The van der Waals surface area contributed by atoms with Gasteiger partial charge in [-0.2, -0.15) is 0 Å². The topological polar surface area (TPSA) is 119 Å². The summed E-state index contributed by atoms with van der Waals surface area (Å²) in [6.45, 7) is 2.63. The summed E-state index contributed by atoms with van der Waals surface area (Å²) in [6.07, 6.45) is 6.81. The number of benzene rings is 1. The molecule has 1 unspecified atom stereocenters. The lowest BCUT2D eigenvalue weighted by atomic mass is 10.0. The molecule has 0 saturated carbocycles. The van der Waals surface area contributed by atoms with Crippen LogP contribution in [-0.2, 0) is 7.05 Å². The number of aromatic carboxylic acids is 1. The second kappa shape index (κ2) is 10.2. The van der Waals surface area contributed by atoms with Crippen molar-refractivity contribution in [3.8, 4) is 11.1 Å². The third kappa shape index (κ3) is 4.55. The molecule has 3 N–H and O–H groups in total. The molecule has 1 atom stereocenters. The first-order valence-corrected chi connectivity index (χ1v) is 13.6. The van der Waals surface area contributed by atoms with Gasteiger partial charge in [-0.1, -0.05) is 0 Å². The smallest absolute Gasteiger partial charge is 0.341 e. The number of carbonyl (C=O) groups is 1. The molecule has 0 aliphatic carbocycles. The Morgan fingerprint density at radius 2 is 2.02 bits per heavy atom. The Kier molecular flexibility index (Phi) is 6.61. The monoisotopic (exact) mass is 557 g/mol. The number of nitrogens with one attached hydrogen (secondary N) is 2. The molecule has 5 aromatic rings. The molecule has 6 rings (SSSR count). The number of fused-ring (bicyclic) bond motifs is 4. The average Bonchev–Trinajstić information content (AvgIpc) is 3.57. The van der Waals surface area contributed by atoms with Crippen LogP contribution in [0.5, 0.6) is 0 Å². The van der Waals surface area contributed by atoms with Crippen molar-refractivity contribution in [1.82, 2.24) is 24.4 Å². The fourth-order valence-corrected chi connectivity index (χ4v) is 6.02. The molecular formula is C30H32FN7O3. The first kappa shape index (κ1) is 26.7. The highest BCUT2D eigenvalue weighted by Crippen LogP contribution is 2.43. The van der Waals surface area contributed by atoms with Crippen LogP contribution in [0.25, 0.3) is 44.1 Å². The number of anilines is 2. The number of rotatable bonds is 7. The molecule has 1 aliphatic rings. The van der Waals surface area contributed by atoms with Crippen LogP contribution in [0, 0.1) is 11.7 Å². The van der Waals surface area contributed by atoms with E-state index in [1.165, 1.54) is 18.3 Å². The van der Waals surface area contributed by atoms with Crippen LogP contribution in [-0.4, -0.2) is 76.3 Å². The zero-order chi connectivity index (χ0) is 29.0. The molecule has 11 heteroatoms. The van der Waals surface area contributed by atoms with Crippen molar-refractivity contribution in [2.45, 2.75) is 12.8 Å². The van der Waals surface area contributed by atoms with Crippen molar-refractivity contribution >= 4 is 50.3 Å². The zero-order valence-corrected chi connectivity index (χ0v) is 23.5. The molecule has 0 bridgehead atoms. The van der Waals surface area contributed by atoms with E-state index < -0.39 is 11.4 Å². The molecule has 1 saturated heterocycles. The molecule has 10 nitrogen and oxygen atoms in total. The summed E-state index contributed by atoms with van der Waals surface area (Å²) in [5, 5.41) is 14.4. The maximum atomic E-state index is 14.8. The van der Waals surface area contributed by atoms with Gasteiger partial charge < -0.3 is 29.8 Å². The average molecular weight is 558 g/mol. The van der Waals surface area contributed by atoms with Gasteiger partial charge in [0.2, 0.25) is 5.43 Å². The third-order valence-electron chi connectivity index (χ3n) is 8.08. The molecule has 1 aromatic carbocycles. The van der Waals surface area contributed by atoms with Gasteiger partial charge in [0.15, 0.2) is 0 Å². The number of hydrogen-bond acceptors (Lipinski definition) is 7. The quantitative estimate of drug-likeness (QED) is 0.271. The molecule has 1 aliphatic heterocycles. The number of H-pyrrole nitrogens is 1. The molecule has 5 heterocycles. The van der Waals surface area contributed by atoms with E-state index in [-0.39, 0.29) is 16.8 Å². The number of pyridine rings is 3. The van der Waals surface area contributed by atoms with Gasteiger partial charge in [0.1, 0.15) is 22.7 Å². The summed E-state index contributed by atoms with van der Waals surface area (Å²) in [6, 6.07) is 4.67. The first-order chi connectivity index (χ1) is 19.7. The number of nitrogens with zero attached hydrogens (tertiary/aromatic N) is 5. The molecule has 41 heavy (non-hydrogen) atoms. The van der Waals surface area contributed by atoms with E-state index in [9.17, 15) is 19.1 Å². The van der Waals surface area contributed by atoms with Crippen molar-refractivity contribution in [2.75, 3.05) is 51.0 Å². The van der Waals surface area contributed by atoms with Crippen LogP contribution in [0.3, 0.4) is 0 Å². The van der Waals surface area contributed by atoms with E-state index in [0.29, 0.717) is 33.8 Å². The van der Waals surface area contributed by atoms with Crippen LogP contribution >= 0.6 is 0 Å². The van der Waals surface area contributed by atoms with Crippen molar-refractivity contribution in [2.24, 2.45) is 13.0 Å². The van der Waals surface area contributed by atoms with Gasteiger partial charge in [-0.25, -0.2) is 19.2 Å². The number of halogens is 1. The van der Waals surface area contributed by atoms with E-state index in [1.807, 2.05) is 0 Å². The zero-order valence-electron chi connectivity index (χ0n) is 23.5. The Morgan fingerprint density at radius 3 is 2.76 bits per heavy atom. The largest absolute Gasteiger partial charge is 0.477 e. The minimum atomic E-state index is -1.29. The van der Waals surface area contributed by atoms with Crippen molar-refractivity contribution in [1.29, 1.82) is 0 Å². The lowest BCUT2D eigenvalue weighted by Crippen LogP contribution is -2.23. The Labute approximate surface area is 235 Å². The van der Waals surface area contributed by atoms with Gasteiger partial charge >= 0.3 is 5.97 Å². The van der Waals surface area contributed by atoms with Crippen LogP contribution in [0.2, 0.25) is 0 Å². The SMILES string of the molecule is CNc1cc(F)cc2c1[nH]c1ncc(-c3cnc4c(c3)c(=O)c(C(=O)O)cn4C)c(N3CCC(CCN(C)C)C3)c12. The normalized spacial score (nSPS) is 15.6. The van der Waals surface area contributed by atoms with E-state index in [2.05, 4.69) is 39.2 Å². The maximum Gasteiger partial charge on any atom is 0.341 e. The van der Waals surface area contributed by atoms with E-state index in [1.54, 1.807) is 37.1 Å². The summed E-state index contributed by atoms with van der Waals surface area (Å²) >= 11 is 0. The Bertz CT molecular complexity index is 1900. The maximum absolute atomic E-state index is 14.8.